The van der Waals surface area contributed by atoms with E-state index in [1.807, 2.05) is 6.07 Å². The zero-order valence-corrected chi connectivity index (χ0v) is 8.42. The standard InChI is InChI=1S/C12H15NO/c1-14-12-5-4-10-3-2-9(8-13)6-11(10)7-12/h4-7H,2-3,8,13H2,1H3. The summed E-state index contributed by atoms with van der Waals surface area (Å²) >= 11 is 0. The summed E-state index contributed by atoms with van der Waals surface area (Å²) in [5.41, 5.74) is 9.61. The smallest absolute Gasteiger partial charge is 0.119 e. The zero-order chi connectivity index (χ0) is 9.97. The van der Waals surface area contributed by atoms with Gasteiger partial charge in [-0.05, 0) is 36.1 Å². The molecule has 0 radical (unpaired) electrons. The van der Waals surface area contributed by atoms with Gasteiger partial charge in [-0.1, -0.05) is 17.7 Å². The van der Waals surface area contributed by atoms with Gasteiger partial charge in [-0.15, -0.1) is 0 Å². The van der Waals surface area contributed by atoms with Crippen LogP contribution in [0.25, 0.3) is 6.08 Å². The first kappa shape index (κ1) is 9.28. The highest BCUT2D eigenvalue weighted by Gasteiger charge is 2.09. The molecule has 0 amide bonds. The van der Waals surface area contributed by atoms with E-state index in [1.54, 1.807) is 7.11 Å². The molecule has 0 atom stereocenters. The van der Waals surface area contributed by atoms with Crippen molar-refractivity contribution in [1.29, 1.82) is 0 Å². The molecular formula is C12H15NO. The van der Waals surface area contributed by atoms with Crippen molar-refractivity contribution in [1.82, 2.24) is 0 Å². The predicted molar refractivity (Wildman–Crippen MR) is 58.3 cm³/mol. The van der Waals surface area contributed by atoms with Crippen LogP contribution in [-0.2, 0) is 6.42 Å². The lowest BCUT2D eigenvalue weighted by Crippen LogP contribution is -2.08. The minimum absolute atomic E-state index is 0.663. The Hall–Kier alpha value is -1.28. The molecule has 14 heavy (non-hydrogen) atoms. The van der Waals surface area contributed by atoms with Gasteiger partial charge in [0.05, 0.1) is 7.11 Å². The molecule has 1 aromatic carbocycles. The van der Waals surface area contributed by atoms with Crippen molar-refractivity contribution < 1.29 is 4.74 Å². The topological polar surface area (TPSA) is 35.2 Å². The van der Waals surface area contributed by atoms with Gasteiger partial charge in [0.25, 0.3) is 0 Å². The number of methoxy groups -OCH3 is 1. The fraction of sp³-hybridized carbons (Fsp3) is 0.333. The lowest BCUT2D eigenvalue weighted by atomic mass is 9.92. The third-order valence-electron chi connectivity index (χ3n) is 2.69. The lowest BCUT2D eigenvalue weighted by Gasteiger charge is -2.15. The number of aryl methyl sites for hydroxylation is 1. The highest BCUT2D eigenvalue weighted by Crippen LogP contribution is 2.26. The molecule has 1 aliphatic rings. The van der Waals surface area contributed by atoms with Crippen molar-refractivity contribution in [2.45, 2.75) is 12.8 Å². The van der Waals surface area contributed by atoms with E-state index in [1.165, 1.54) is 16.7 Å². The number of hydrogen-bond acceptors (Lipinski definition) is 2. The monoisotopic (exact) mass is 189 g/mol. The van der Waals surface area contributed by atoms with Crippen LogP contribution in [0.2, 0.25) is 0 Å². The van der Waals surface area contributed by atoms with Crippen molar-refractivity contribution in [3.63, 3.8) is 0 Å². The van der Waals surface area contributed by atoms with E-state index < -0.39 is 0 Å². The fourth-order valence-electron chi connectivity index (χ4n) is 1.81. The predicted octanol–water partition coefficient (Wildman–Crippen LogP) is 1.98. The summed E-state index contributed by atoms with van der Waals surface area (Å²) in [5, 5.41) is 0. The molecule has 0 bridgehead atoms. The van der Waals surface area contributed by atoms with Crippen molar-refractivity contribution in [2.24, 2.45) is 5.73 Å². The second-order valence-corrected chi connectivity index (χ2v) is 3.57. The maximum absolute atomic E-state index is 5.63. The Morgan fingerprint density at radius 1 is 1.36 bits per heavy atom. The highest BCUT2D eigenvalue weighted by atomic mass is 16.5. The van der Waals surface area contributed by atoms with Crippen LogP contribution in [0.1, 0.15) is 17.5 Å². The van der Waals surface area contributed by atoms with Crippen molar-refractivity contribution in [2.75, 3.05) is 13.7 Å². The van der Waals surface area contributed by atoms with Gasteiger partial charge in [0.2, 0.25) is 0 Å². The number of benzene rings is 1. The van der Waals surface area contributed by atoms with Crippen molar-refractivity contribution in [3.05, 3.63) is 34.9 Å². The van der Waals surface area contributed by atoms with E-state index in [-0.39, 0.29) is 0 Å². The molecule has 74 valence electrons. The SMILES string of the molecule is COc1ccc2c(c1)C=C(CN)CC2. The van der Waals surface area contributed by atoms with E-state index in [9.17, 15) is 0 Å². The number of hydrogen-bond donors (Lipinski definition) is 1. The van der Waals surface area contributed by atoms with Crippen LogP contribution in [0.4, 0.5) is 0 Å². The average Bonchev–Trinajstić information content (AvgIpc) is 2.27. The van der Waals surface area contributed by atoms with Crippen LogP contribution < -0.4 is 10.5 Å². The van der Waals surface area contributed by atoms with Gasteiger partial charge >= 0.3 is 0 Å². The fourth-order valence-corrected chi connectivity index (χ4v) is 1.81. The molecule has 2 N–H and O–H groups in total. The van der Waals surface area contributed by atoms with Gasteiger partial charge in [-0.3, -0.25) is 0 Å². The van der Waals surface area contributed by atoms with Crippen LogP contribution in [0.3, 0.4) is 0 Å². The Bertz CT molecular complexity index is 369. The summed E-state index contributed by atoms with van der Waals surface area (Å²) < 4.78 is 5.19. The molecular weight excluding hydrogens is 174 g/mol. The third-order valence-corrected chi connectivity index (χ3v) is 2.69. The largest absolute Gasteiger partial charge is 0.497 e. The summed E-state index contributed by atoms with van der Waals surface area (Å²) in [5.74, 6) is 0.915. The molecule has 0 aliphatic heterocycles. The molecule has 0 saturated carbocycles. The molecule has 2 heteroatoms. The minimum Gasteiger partial charge on any atom is -0.497 e. The van der Waals surface area contributed by atoms with Crippen LogP contribution in [0.15, 0.2) is 23.8 Å². The van der Waals surface area contributed by atoms with Gasteiger partial charge in [0.15, 0.2) is 0 Å². The lowest BCUT2D eigenvalue weighted by molar-refractivity contribution is 0.414. The van der Waals surface area contributed by atoms with Gasteiger partial charge < -0.3 is 10.5 Å². The maximum Gasteiger partial charge on any atom is 0.119 e. The van der Waals surface area contributed by atoms with Gasteiger partial charge in [-0.2, -0.15) is 0 Å². The Balaban J connectivity index is 2.39. The van der Waals surface area contributed by atoms with E-state index in [2.05, 4.69) is 18.2 Å². The van der Waals surface area contributed by atoms with Gasteiger partial charge in [0.1, 0.15) is 5.75 Å². The molecule has 2 rings (SSSR count). The second kappa shape index (κ2) is 3.84. The molecule has 0 saturated heterocycles. The first-order valence-corrected chi connectivity index (χ1v) is 4.90. The van der Waals surface area contributed by atoms with Crippen LogP contribution in [0.5, 0.6) is 5.75 Å². The molecule has 0 unspecified atom stereocenters. The Morgan fingerprint density at radius 2 is 2.21 bits per heavy atom. The molecule has 1 aliphatic carbocycles. The molecule has 0 spiro atoms. The molecule has 2 nitrogen and oxygen atoms in total. The molecule has 1 aromatic rings. The van der Waals surface area contributed by atoms with Crippen LogP contribution in [0, 0.1) is 0 Å². The third kappa shape index (κ3) is 1.66. The Labute approximate surface area is 84.4 Å². The highest BCUT2D eigenvalue weighted by molar-refractivity contribution is 5.61. The van der Waals surface area contributed by atoms with E-state index in [0.29, 0.717) is 6.54 Å². The first-order chi connectivity index (χ1) is 6.83. The zero-order valence-electron chi connectivity index (χ0n) is 8.42. The molecule has 0 fully saturated rings. The molecule has 0 heterocycles. The van der Waals surface area contributed by atoms with Crippen molar-refractivity contribution in [3.8, 4) is 5.75 Å². The number of rotatable bonds is 2. The average molecular weight is 189 g/mol. The van der Waals surface area contributed by atoms with E-state index in [4.69, 9.17) is 10.5 Å². The summed E-state index contributed by atoms with van der Waals surface area (Å²) in [4.78, 5) is 0. The summed E-state index contributed by atoms with van der Waals surface area (Å²) in [7, 11) is 1.69. The van der Waals surface area contributed by atoms with E-state index in [0.717, 1.165) is 18.6 Å². The Kier molecular flexibility index (Phi) is 2.55. The summed E-state index contributed by atoms with van der Waals surface area (Å²) in [6, 6.07) is 6.22. The van der Waals surface area contributed by atoms with Gasteiger partial charge in [-0.25, -0.2) is 0 Å². The van der Waals surface area contributed by atoms with Gasteiger partial charge in [0, 0.05) is 6.54 Å². The number of nitrogens with two attached hydrogens (primary N) is 1. The van der Waals surface area contributed by atoms with Crippen molar-refractivity contribution >= 4 is 6.08 Å². The quantitative estimate of drug-likeness (QED) is 0.772. The van der Waals surface area contributed by atoms with Crippen LogP contribution >= 0.6 is 0 Å². The minimum atomic E-state index is 0.663. The maximum atomic E-state index is 5.63. The summed E-state index contributed by atoms with van der Waals surface area (Å²) in [6.07, 6.45) is 4.37. The Morgan fingerprint density at radius 3 is 2.93 bits per heavy atom. The second-order valence-electron chi connectivity index (χ2n) is 3.57. The number of fused-ring (bicyclic) bond motifs is 1. The molecule has 0 aromatic heterocycles. The normalized spacial score (nSPS) is 14.6. The summed E-state index contributed by atoms with van der Waals surface area (Å²) in [6.45, 7) is 0.663. The van der Waals surface area contributed by atoms with Crippen LogP contribution in [-0.4, -0.2) is 13.7 Å². The first-order valence-electron chi connectivity index (χ1n) is 4.90. The van der Waals surface area contributed by atoms with E-state index >= 15 is 0 Å². The number of ether oxygens (including phenoxy) is 1.